The molecule has 0 N–H and O–H groups in total. The maximum absolute atomic E-state index is 13.1. The average Bonchev–Trinajstić information content (AvgIpc) is 2.56. The van der Waals surface area contributed by atoms with Crippen LogP contribution in [0.4, 0.5) is 4.39 Å². The number of hydrogen-bond acceptors (Lipinski definition) is 2. The van der Waals surface area contributed by atoms with Gasteiger partial charge >= 0.3 is 0 Å². The van der Waals surface area contributed by atoms with Crippen molar-refractivity contribution in [2.24, 2.45) is 0 Å². The summed E-state index contributed by atoms with van der Waals surface area (Å²) in [6, 6.07) is 12.8. The van der Waals surface area contributed by atoms with Crippen molar-refractivity contribution < 1.29 is 13.9 Å². The molecule has 1 aliphatic heterocycles. The summed E-state index contributed by atoms with van der Waals surface area (Å²) in [5.41, 5.74) is 1.45. The highest BCUT2D eigenvalue weighted by atomic mass is 35.5. The lowest BCUT2D eigenvalue weighted by Gasteiger charge is -2.36. The maximum atomic E-state index is 13.1. The molecule has 1 atom stereocenters. The minimum Gasteiger partial charge on any atom is -0.377 e. The van der Waals surface area contributed by atoms with Gasteiger partial charge in [-0.15, -0.1) is 0 Å². The third kappa shape index (κ3) is 3.13. The van der Waals surface area contributed by atoms with Gasteiger partial charge < -0.3 is 9.64 Å². The van der Waals surface area contributed by atoms with Gasteiger partial charge in [0.1, 0.15) is 5.82 Å². The van der Waals surface area contributed by atoms with Crippen LogP contribution in [0.3, 0.4) is 0 Å². The molecule has 0 aromatic heterocycles. The molecule has 1 fully saturated rings. The van der Waals surface area contributed by atoms with E-state index in [1.807, 2.05) is 0 Å². The quantitative estimate of drug-likeness (QED) is 0.845. The molecule has 1 amide bonds. The van der Waals surface area contributed by atoms with Gasteiger partial charge in [-0.25, -0.2) is 4.39 Å². The van der Waals surface area contributed by atoms with Crippen molar-refractivity contribution in [1.82, 2.24) is 4.90 Å². The lowest BCUT2D eigenvalue weighted by Crippen LogP contribution is -2.43. The Labute approximate surface area is 133 Å². The van der Waals surface area contributed by atoms with E-state index in [1.165, 1.54) is 12.1 Å². The molecule has 2 aromatic rings. The molecule has 0 saturated carbocycles. The molecule has 0 aliphatic carbocycles. The van der Waals surface area contributed by atoms with Crippen molar-refractivity contribution in [2.75, 3.05) is 19.8 Å². The van der Waals surface area contributed by atoms with Gasteiger partial charge in [0.2, 0.25) is 0 Å². The molecule has 1 aliphatic rings. The molecule has 0 radical (unpaired) electrons. The molecule has 2 aromatic carbocycles. The highest BCUT2D eigenvalue weighted by molar-refractivity contribution is 6.30. The number of carbonyl (C=O) groups excluding carboxylic acids is 1. The van der Waals surface area contributed by atoms with Crippen LogP contribution in [0, 0.1) is 5.82 Å². The molecule has 5 heteroatoms. The van der Waals surface area contributed by atoms with Crippen LogP contribution < -0.4 is 0 Å². The molecule has 3 rings (SSSR count). The van der Waals surface area contributed by atoms with E-state index >= 15 is 0 Å². The number of benzene rings is 2. The summed E-state index contributed by atoms with van der Waals surface area (Å²) in [4.78, 5) is 14.5. The second kappa shape index (κ2) is 6.46. The molecular formula is C17H15ClFNO2. The summed E-state index contributed by atoms with van der Waals surface area (Å²) < 4.78 is 18.6. The van der Waals surface area contributed by atoms with E-state index in [0.29, 0.717) is 30.3 Å². The minimum atomic E-state index is -0.295. The highest BCUT2D eigenvalue weighted by Crippen LogP contribution is 2.26. The summed E-state index contributed by atoms with van der Waals surface area (Å²) in [6.45, 7) is 1.41. The fourth-order valence-corrected chi connectivity index (χ4v) is 2.69. The van der Waals surface area contributed by atoms with Crippen molar-refractivity contribution >= 4 is 17.5 Å². The Balaban J connectivity index is 1.87. The molecule has 1 unspecified atom stereocenters. The Hall–Kier alpha value is -1.91. The predicted molar refractivity (Wildman–Crippen MR) is 82.4 cm³/mol. The van der Waals surface area contributed by atoms with Gasteiger partial charge in [0, 0.05) is 17.1 Å². The average molecular weight is 320 g/mol. The number of rotatable bonds is 2. The first-order valence-electron chi connectivity index (χ1n) is 7.05. The van der Waals surface area contributed by atoms with Crippen LogP contribution in [0.5, 0.6) is 0 Å². The Morgan fingerprint density at radius 1 is 1.14 bits per heavy atom. The predicted octanol–water partition coefficient (Wildman–Crippen LogP) is 3.69. The van der Waals surface area contributed by atoms with E-state index in [2.05, 4.69) is 0 Å². The number of carbonyl (C=O) groups is 1. The van der Waals surface area contributed by atoms with E-state index in [1.54, 1.807) is 41.3 Å². The summed E-state index contributed by atoms with van der Waals surface area (Å²) in [5.74, 6) is -0.370. The number of hydrogen-bond donors (Lipinski definition) is 0. The summed E-state index contributed by atoms with van der Waals surface area (Å²) in [6.07, 6.45) is 0. The standard InChI is InChI=1S/C17H15ClFNO2/c18-14-5-1-13(2-6-14)17(21)20-9-10-22-11-16(20)12-3-7-15(19)8-4-12/h1-8,16H,9-11H2. The number of nitrogens with zero attached hydrogens (tertiary/aromatic N) is 1. The Morgan fingerprint density at radius 3 is 2.50 bits per heavy atom. The van der Waals surface area contributed by atoms with Crippen LogP contribution in [-0.2, 0) is 4.74 Å². The van der Waals surface area contributed by atoms with Gasteiger partial charge in [-0.05, 0) is 42.0 Å². The first-order chi connectivity index (χ1) is 10.6. The monoisotopic (exact) mass is 319 g/mol. The van der Waals surface area contributed by atoms with Gasteiger partial charge in [-0.1, -0.05) is 23.7 Å². The zero-order valence-electron chi connectivity index (χ0n) is 11.8. The van der Waals surface area contributed by atoms with Crippen LogP contribution in [0.1, 0.15) is 22.0 Å². The molecule has 114 valence electrons. The normalized spacial score (nSPS) is 18.3. The SMILES string of the molecule is O=C(c1ccc(Cl)cc1)N1CCOCC1c1ccc(F)cc1. The van der Waals surface area contributed by atoms with E-state index in [-0.39, 0.29) is 17.8 Å². The molecule has 3 nitrogen and oxygen atoms in total. The van der Waals surface area contributed by atoms with E-state index in [9.17, 15) is 9.18 Å². The van der Waals surface area contributed by atoms with Crippen molar-refractivity contribution in [1.29, 1.82) is 0 Å². The van der Waals surface area contributed by atoms with Crippen LogP contribution in [0.25, 0.3) is 0 Å². The van der Waals surface area contributed by atoms with Gasteiger partial charge in [-0.3, -0.25) is 4.79 Å². The van der Waals surface area contributed by atoms with E-state index < -0.39 is 0 Å². The summed E-state index contributed by atoms with van der Waals surface area (Å²) in [5, 5.41) is 0.591. The molecule has 1 saturated heterocycles. The van der Waals surface area contributed by atoms with Crippen LogP contribution >= 0.6 is 11.6 Å². The number of ether oxygens (including phenoxy) is 1. The molecule has 0 spiro atoms. The van der Waals surface area contributed by atoms with Gasteiger partial charge in [0.15, 0.2) is 0 Å². The van der Waals surface area contributed by atoms with Crippen molar-refractivity contribution in [3.8, 4) is 0 Å². The Morgan fingerprint density at radius 2 is 1.82 bits per heavy atom. The molecule has 22 heavy (non-hydrogen) atoms. The summed E-state index contributed by atoms with van der Waals surface area (Å²) >= 11 is 5.86. The smallest absolute Gasteiger partial charge is 0.254 e. The lowest BCUT2D eigenvalue weighted by atomic mass is 10.0. The molecular weight excluding hydrogens is 305 g/mol. The minimum absolute atomic E-state index is 0.0747. The Bertz CT molecular complexity index is 657. The highest BCUT2D eigenvalue weighted by Gasteiger charge is 2.29. The maximum Gasteiger partial charge on any atom is 0.254 e. The number of amides is 1. The zero-order valence-corrected chi connectivity index (χ0v) is 12.6. The Kier molecular flexibility index (Phi) is 4.41. The van der Waals surface area contributed by atoms with Crippen LogP contribution in [0.15, 0.2) is 48.5 Å². The second-order valence-corrected chi connectivity index (χ2v) is 5.58. The summed E-state index contributed by atoms with van der Waals surface area (Å²) in [7, 11) is 0. The molecule has 1 heterocycles. The second-order valence-electron chi connectivity index (χ2n) is 5.15. The lowest BCUT2D eigenvalue weighted by molar-refractivity contribution is -0.00271. The topological polar surface area (TPSA) is 29.5 Å². The van der Waals surface area contributed by atoms with Gasteiger partial charge in [-0.2, -0.15) is 0 Å². The third-order valence-corrected chi connectivity index (χ3v) is 3.99. The first-order valence-corrected chi connectivity index (χ1v) is 7.43. The van der Waals surface area contributed by atoms with Crippen molar-refractivity contribution in [3.63, 3.8) is 0 Å². The fourth-order valence-electron chi connectivity index (χ4n) is 2.57. The number of halogens is 2. The van der Waals surface area contributed by atoms with Crippen molar-refractivity contribution in [2.45, 2.75) is 6.04 Å². The van der Waals surface area contributed by atoms with Crippen LogP contribution in [-0.4, -0.2) is 30.6 Å². The van der Waals surface area contributed by atoms with Gasteiger partial charge in [0.05, 0.1) is 19.3 Å². The number of morpholine rings is 1. The van der Waals surface area contributed by atoms with Crippen molar-refractivity contribution in [3.05, 3.63) is 70.5 Å². The van der Waals surface area contributed by atoms with Crippen LogP contribution in [0.2, 0.25) is 5.02 Å². The zero-order chi connectivity index (χ0) is 15.5. The van der Waals surface area contributed by atoms with Gasteiger partial charge in [0.25, 0.3) is 5.91 Å². The molecule has 0 bridgehead atoms. The van der Waals surface area contributed by atoms with E-state index in [4.69, 9.17) is 16.3 Å². The fraction of sp³-hybridized carbons (Fsp3) is 0.235. The first kappa shape index (κ1) is 15.0. The third-order valence-electron chi connectivity index (χ3n) is 3.74. The largest absolute Gasteiger partial charge is 0.377 e. The van der Waals surface area contributed by atoms with E-state index in [0.717, 1.165) is 5.56 Å².